The van der Waals surface area contributed by atoms with Crippen LogP contribution in [0, 0.1) is 0 Å². The minimum absolute atomic E-state index is 0.0632. The van der Waals surface area contributed by atoms with Gasteiger partial charge in [-0.25, -0.2) is 0 Å². The van der Waals surface area contributed by atoms with Gasteiger partial charge in [-0.3, -0.25) is 14.6 Å². The number of ketones is 1. The number of carbonyl (C=O) groups is 2. The summed E-state index contributed by atoms with van der Waals surface area (Å²) in [6, 6.07) is 19.1. The third-order valence-corrected chi connectivity index (χ3v) is 3.38. The van der Waals surface area contributed by atoms with E-state index in [0.717, 1.165) is 0 Å². The van der Waals surface area contributed by atoms with Crippen LogP contribution in [0.1, 0.15) is 26.3 Å². The number of anilines is 1. The van der Waals surface area contributed by atoms with Crippen LogP contribution < -0.4 is 5.32 Å². The summed E-state index contributed by atoms with van der Waals surface area (Å²) in [7, 11) is 0. The fourth-order valence-electron chi connectivity index (χ4n) is 2.17. The Morgan fingerprint density at radius 2 is 1.26 bits per heavy atom. The number of benzene rings is 2. The molecule has 1 heterocycles. The van der Waals surface area contributed by atoms with Crippen LogP contribution in [-0.4, -0.2) is 16.7 Å². The van der Waals surface area contributed by atoms with Crippen molar-refractivity contribution < 1.29 is 9.59 Å². The first kappa shape index (κ1) is 14.7. The van der Waals surface area contributed by atoms with E-state index in [-0.39, 0.29) is 11.7 Å². The Morgan fingerprint density at radius 3 is 1.91 bits per heavy atom. The predicted octanol–water partition coefficient (Wildman–Crippen LogP) is 3.56. The standard InChI is InChI=1S/C19H14N2O2/c22-18(14-4-2-1-3-5-14)15-6-8-16(9-7-15)19(23)21-17-10-12-20-13-11-17/h1-13H,(H,20,21,23). The molecule has 3 rings (SSSR count). The van der Waals surface area contributed by atoms with Gasteiger partial charge in [0.1, 0.15) is 0 Å². The van der Waals surface area contributed by atoms with Gasteiger partial charge in [-0.15, -0.1) is 0 Å². The zero-order chi connectivity index (χ0) is 16.1. The van der Waals surface area contributed by atoms with Crippen molar-refractivity contribution in [2.45, 2.75) is 0 Å². The summed E-state index contributed by atoms with van der Waals surface area (Å²) < 4.78 is 0. The second-order valence-corrected chi connectivity index (χ2v) is 4.96. The molecule has 0 fully saturated rings. The molecule has 0 unspecified atom stereocenters. The summed E-state index contributed by atoms with van der Waals surface area (Å²) in [5, 5.41) is 2.77. The highest BCUT2D eigenvalue weighted by molar-refractivity contribution is 6.10. The average Bonchev–Trinajstić information content (AvgIpc) is 2.63. The van der Waals surface area contributed by atoms with E-state index in [4.69, 9.17) is 0 Å². The number of pyridine rings is 1. The third-order valence-electron chi connectivity index (χ3n) is 3.38. The summed E-state index contributed by atoms with van der Waals surface area (Å²) in [6.45, 7) is 0. The Balaban J connectivity index is 1.74. The Hall–Kier alpha value is -3.27. The van der Waals surface area contributed by atoms with Crippen LogP contribution in [-0.2, 0) is 0 Å². The van der Waals surface area contributed by atoms with Crippen molar-refractivity contribution in [1.29, 1.82) is 0 Å². The molecule has 0 radical (unpaired) electrons. The summed E-state index contributed by atoms with van der Waals surface area (Å²) in [5.41, 5.74) is 2.35. The quantitative estimate of drug-likeness (QED) is 0.750. The highest BCUT2D eigenvalue weighted by Crippen LogP contribution is 2.12. The average molecular weight is 302 g/mol. The van der Waals surface area contributed by atoms with Crippen molar-refractivity contribution >= 4 is 17.4 Å². The molecule has 0 aliphatic carbocycles. The van der Waals surface area contributed by atoms with Gasteiger partial charge in [0, 0.05) is 34.8 Å². The van der Waals surface area contributed by atoms with E-state index >= 15 is 0 Å². The maximum absolute atomic E-state index is 12.3. The second-order valence-electron chi connectivity index (χ2n) is 4.96. The Morgan fingerprint density at radius 1 is 0.696 bits per heavy atom. The fraction of sp³-hybridized carbons (Fsp3) is 0. The molecular weight excluding hydrogens is 288 g/mol. The lowest BCUT2D eigenvalue weighted by molar-refractivity contribution is 0.102. The van der Waals surface area contributed by atoms with Crippen molar-refractivity contribution in [1.82, 2.24) is 4.98 Å². The fourth-order valence-corrected chi connectivity index (χ4v) is 2.17. The highest BCUT2D eigenvalue weighted by Gasteiger charge is 2.10. The van der Waals surface area contributed by atoms with Gasteiger partial charge in [-0.2, -0.15) is 0 Å². The molecule has 23 heavy (non-hydrogen) atoms. The topological polar surface area (TPSA) is 59.1 Å². The number of nitrogens with zero attached hydrogens (tertiary/aromatic N) is 1. The molecule has 2 aromatic carbocycles. The first-order valence-electron chi connectivity index (χ1n) is 7.15. The number of amides is 1. The monoisotopic (exact) mass is 302 g/mol. The molecule has 0 bridgehead atoms. The Bertz CT molecular complexity index is 813. The van der Waals surface area contributed by atoms with Crippen LogP contribution in [0.2, 0.25) is 0 Å². The molecule has 0 aliphatic heterocycles. The van der Waals surface area contributed by atoms with E-state index in [2.05, 4.69) is 10.3 Å². The van der Waals surface area contributed by atoms with Crippen molar-refractivity contribution in [3.63, 3.8) is 0 Å². The first-order valence-corrected chi connectivity index (χ1v) is 7.15. The largest absolute Gasteiger partial charge is 0.322 e. The molecule has 1 N–H and O–H groups in total. The van der Waals surface area contributed by atoms with Gasteiger partial charge in [0.05, 0.1) is 0 Å². The van der Waals surface area contributed by atoms with E-state index in [1.165, 1.54) is 0 Å². The van der Waals surface area contributed by atoms with E-state index in [1.807, 2.05) is 18.2 Å². The lowest BCUT2D eigenvalue weighted by Gasteiger charge is -2.06. The molecule has 4 nitrogen and oxygen atoms in total. The van der Waals surface area contributed by atoms with Crippen molar-refractivity contribution in [3.05, 3.63) is 95.8 Å². The van der Waals surface area contributed by atoms with Gasteiger partial charge in [-0.05, 0) is 24.3 Å². The molecule has 0 saturated heterocycles. The Labute approximate surface area is 133 Å². The lowest BCUT2D eigenvalue weighted by Crippen LogP contribution is -2.12. The first-order chi connectivity index (χ1) is 11.2. The normalized spacial score (nSPS) is 10.1. The Kier molecular flexibility index (Phi) is 4.25. The van der Waals surface area contributed by atoms with Crippen LogP contribution in [0.3, 0.4) is 0 Å². The molecule has 0 aliphatic rings. The summed E-state index contributed by atoms with van der Waals surface area (Å²) in [5.74, 6) is -0.290. The number of hydrogen-bond acceptors (Lipinski definition) is 3. The zero-order valence-electron chi connectivity index (χ0n) is 12.3. The molecule has 112 valence electrons. The summed E-state index contributed by atoms with van der Waals surface area (Å²) in [6.07, 6.45) is 3.22. The van der Waals surface area contributed by atoms with E-state index in [9.17, 15) is 9.59 Å². The molecule has 0 spiro atoms. The number of carbonyl (C=O) groups excluding carboxylic acids is 2. The van der Waals surface area contributed by atoms with Crippen LogP contribution in [0.15, 0.2) is 79.1 Å². The molecule has 4 heteroatoms. The van der Waals surface area contributed by atoms with Gasteiger partial charge in [-0.1, -0.05) is 42.5 Å². The van der Waals surface area contributed by atoms with Crippen LogP contribution in [0.4, 0.5) is 5.69 Å². The van der Waals surface area contributed by atoms with Crippen LogP contribution in [0.5, 0.6) is 0 Å². The van der Waals surface area contributed by atoms with E-state index in [1.54, 1.807) is 60.9 Å². The number of nitrogens with one attached hydrogen (secondary N) is 1. The van der Waals surface area contributed by atoms with Gasteiger partial charge in [0.25, 0.3) is 5.91 Å². The zero-order valence-corrected chi connectivity index (χ0v) is 12.3. The molecule has 0 atom stereocenters. The summed E-state index contributed by atoms with van der Waals surface area (Å²) in [4.78, 5) is 28.4. The number of hydrogen-bond donors (Lipinski definition) is 1. The van der Waals surface area contributed by atoms with Gasteiger partial charge in [0.2, 0.25) is 0 Å². The number of rotatable bonds is 4. The van der Waals surface area contributed by atoms with Gasteiger partial charge >= 0.3 is 0 Å². The molecular formula is C19H14N2O2. The van der Waals surface area contributed by atoms with Crippen molar-refractivity contribution in [2.75, 3.05) is 5.32 Å². The minimum Gasteiger partial charge on any atom is -0.322 e. The molecule has 0 saturated carbocycles. The summed E-state index contributed by atoms with van der Waals surface area (Å²) >= 11 is 0. The lowest BCUT2D eigenvalue weighted by atomic mass is 10.0. The highest BCUT2D eigenvalue weighted by atomic mass is 16.1. The van der Waals surface area contributed by atoms with Crippen LogP contribution >= 0.6 is 0 Å². The maximum Gasteiger partial charge on any atom is 0.255 e. The van der Waals surface area contributed by atoms with Crippen LogP contribution in [0.25, 0.3) is 0 Å². The molecule has 1 aromatic heterocycles. The maximum atomic E-state index is 12.3. The second kappa shape index (κ2) is 6.66. The van der Waals surface area contributed by atoms with Gasteiger partial charge in [0.15, 0.2) is 5.78 Å². The third kappa shape index (κ3) is 3.49. The smallest absolute Gasteiger partial charge is 0.255 e. The number of aromatic nitrogens is 1. The van der Waals surface area contributed by atoms with Gasteiger partial charge < -0.3 is 5.32 Å². The minimum atomic E-state index is -0.227. The van der Waals surface area contributed by atoms with E-state index in [0.29, 0.717) is 22.4 Å². The molecule has 3 aromatic rings. The van der Waals surface area contributed by atoms with Crippen molar-refractivity contribution in [3.8, 4) is 0 Å². The van der Waals surface area contributed by atoms with Crippen molar-refractivity contribution in [2.24, 2.45) is 0 Å². The SMILES string of the molecule is O=C(Nc1ccncc1)c1ccc(C(=O)c2ccccc2)cc1. The predicted molar refractivity (Wildman–Crippen MR) is 88.5 cm³/mol. The van der Waals surface area contributed by atoms with E-state index < -0.39 is 0 Å². The molecule has 1 amide bonds.